The molecule has 15 heavy (non-hydrogen) atoms. The van der Waals surface area contributed by atoms with Crippen molar-refractivity contribution in [1.29, 1.82) is 5.41 Å². The Hall–Kier alpha value is -1.38. The lowest BCUT2D eigenvalue weighted by Gasteiger charge is -2.12. The molecule has 0 aromatic carbocycles. The Morgan fingerprint density at radius 1 is 1.47 bits per heavy atom. The van der Waals surface area contributed by atoms with Gasteiger partial charge in [-0.25, -0.2) is 0 Å². The highest BCUT2D eigenvalue weighted by atomic mass is 16.4. The second kappa shape index (κ2) is 9.19. The van der Waals surface area contributed by atoms with E-state index in [2.05, 4.69) is 0 Å². The van der Waals surface area contributed by atoms with Crippen LogP contribution in [0.5, 0.6) is 0 Å². The number of carboxylic acid groups (broad SMARTS) is 1. The summed E-state index contributed by atoms with van der Waals surface area (Å²) in [5.74, 6) is -1.23. The number of nitrogens with two attached hydrogens (primary N) is 1. The normalized spacial score (nSPS) is 9.13. The van der Waals surface area contributed by atoms with E-state index in [9.17, 15) is 4.79 Å². The third kappa shape index (κ3) is 12.6. The summed E-state index contributed by atoms with van der Waals surface area (Å²) in [4.78, 5) is 11.0. The number of rotatable bonds is 4. The van der Waals surface area contributed by atoms with E-state index >= 15 is 0 Å². The van der Waals surface area contributed by atoms with E-state index in [1.54, 1.807) is 0 Å². The van der Waals surface area contributed by atoms with Gasteiger partial charge in [0, 0.05) is 7.05 Å². The molecule has 0 unspecified atom stereocenters. The number of nitrogens with zero attached hydrogens (tertiary/aromatic N) is 1. The Morgan fingerprint density at radius 2 is 1.87 bits per heavy atom. The zero-order valence-corrected chi connectivity index (χ0v) is 8.42. The summed E-state index contributed by atoms with van der Waals surface area (Å²) in [6, 6.07) is 0. The largest absolute Gasteiger partial charge is 0.480 e. The van der Waals surface area contributed by atoms with Crippen LogP contribution in [0.3, 0.4) is 0 Å². The van der Waals surface area contributed by atoms with Gasteiger partial charge in [-0.3, -0.25) is 10.2 Å². The van der Waals surface area contributed by atoms with Gasteiger partial charge in [0.1, 0.15) is 12.6 Å². The van der Waals surface area contributed by atoms with Gasteiger partial charge in [0.2, 0.25) is 0 Å². The van der Waals surface area contributed by atoms with Crippen molar-refractivity contribution in [2.24, 2.45) is 5.73 Å². The molecule has 8 heteroatoms. The van der Waals surface area contributed by atoms with E-state index in [1.807, 2.05) is 0 Å². The molecule has 0 heterocycles. The van der Waals surface area contributed by atoms with Crippen LogP contribution in [-0.4, -0.2) is 70.2 Å². The number of likely N-dealkylation sites (N-methyl/N-ethyl adjacent to an activating group) is 1. The Bertz CT molecular complexity index is 195. The zero-order valence-electron chi connectivity index (χ0n) is 8.42. The van der Waals surface area contributed by atoms with Crippen molar-refractivity contribution < 1.29 is 25.2 Å². The van der Waals surface area contributed by atoms with E-state index in [0.717, 1.165) is 4.90 Å². The van der Waals surface area contributed by atoms with Crippen LogP contribution in [0.15, 0.2) is 0 Å². The Kier molecular flexibility index (Phi) is 9.84. The Balaban J connectivity index is 0. The van der Waals surface area contributed by atoms with Crippen LogP contribution in [0, 0.1) is 5.41 Å². The summed E-state index contributed by atoms with van der Waals surface area (Å²) in [7, 11) is 1.44. The molecule has 0 aliphatic carbocycles. The first-order chi connectivity index (χ1) is 6.84. The SMILES string of the molecule is CN(CC(=O)O)C(=N)N.OCC(O)CO. The lowest BCUT2D eigenvalue weighted by molar-refractivity contribution is -0.137. The lowest BCUT2D eigenvalue weighted by Crippen LogP contribution is -2.36. The maximum Gasteiger partial charge on any atom is 0.323 e. The van der Waals surface area contributed by atoms with Gasteiger partial charge in [0.05, 0.1) is 13.2 Å². The lowest BCUT2D eigenvalue weighted by atomic mass is 10.4. The molecule has 0 aliphatic rings. The smallest absolute Gasteiger partial charge is 0.323 e. The standard InChI is InChI=1S/C4H9N3O2.C3H8O3/c1-7(4(5)6)2-3(8)9;4-1-3(6)2-5/h2H2,1H3,(H3,5,6)(H,8,9);3-6H,1-2H2. The number of nitrogens with one attached hydrogen (secondary N) is 1. The fourth-order valence-electron chi connectivity index (χ4n) is 0.346. The molecule has 0 atom stereocenters. The quantitative estimate of drug-likeness (QED) is 0.223. The predicted molar refractivity (Wildman–Crippen MR) is 52.4 cm³/mol. The van der Waals surface area contributed by atoms with Crippen LogP contribution in [0.1, 0.15) is 0 Å². The third-order valence-corrected chi connectivity index (χ3v) is 1.21. The number of hydrogen-bond donors (Lipinski definition) is 6. The topological polar surface area (TPSA) is 151 Å². The molecule has 0 aliphatic heterocycles. The van der Waals surface area contributed by atoms with Crippen molar-refractivity contribution in [2.75, 3.05) is 26.8 Å². The maximum atomic E-state index is 9.92. The van der Waals surface area contributed by atoms with Crippen molar-refractivity contribution >= 4 is 11.9 Å². The average Bonchev–Trinajstić information content (AvgIpc) is 2.16. The predicted octanol–water partition coefficient (Wildman–Crippen LogP) is -2.77. The molecule has 0 fully saturated rings. The summed E-state index contributed by atoms with van der Waals surface area (Å²) in [6.45, 7) is -0.956. The number of aliphatic carboxylic acids is 1. The van der Waals surface area contributed by atoms with Crippen LogP contribution >= 0.6 is 0 Å². The summed E-state index contributed by atoms with van der Waals surface area (Å²) in [6.07, 6.45) is -0.954. The van der Waals surface area contributed by atoms with Crippen LogP contribution in [0.4, 0.5) is 0 Å². The Labute approximate surface area is 87.1 Å². The molecule has 0 radical (unpaired) electrons. The molecule has 0 rings (SSSR count). The Morgan fingerprint density at radius 3 is 1.93 bits per heavy atom. The minimum Gasteiger partial charge on any atom is -0.480 e. The van der Waals surface area contributed by atoms with Crippen molar-refractivity contribution in [2.45, 2.75) is 6.10 Å². The summed E-state index contributed by atoms with van der Waals surface area (Å²) in [5, 5.41) is 38.9. The van der Waals surface area contributed by atoms with Gasteiger partial charge in [-0.05, 0) is 0 Å². The summed E-state index contributed by atoms with van der Waals surface area (Å²) in [5.41, 5.74) is 4.93. The van der Waals surface area contributed by atoms with E-state index in [1.165, 1.54) is 7.05 Å². The number of carbonyl (C=O) groups is 1. The third-order valence-electron chi connectivity index (χ3n) is 1.21. The van der Waals surface area contributed by atoms with Crippen LogP contribution in [-0.2, 0) is 4.79 Å². The number of guanidine groups is 1. The molecule has 0 saturated carbocycles. The van der Waals surface area contributed by atoms with Crippen LogP contribution in [0.2, 0.25) is 0 Å². The van der Waals surface area contributed by atoms with Crippen molar-refractivity contribution in [3.05, 3.63) is 0 Å². The molecule has 0 aromatic rings. The summed E-state index contributed by atoms with van der Waals surface area (Å²) < 4.78 is 0. The van der Waals surface area contributed by atoms with Crippen LogP contribution in [0.25, 0.3) is 0 Å². The van der Waals surface area contributed by atoms with Gasteiger partial charge < -0.3 is 31.1 Å². The molecule has 0 aromatic heterocycles. The monoisotopic (exact) mass is 223 g/mol. The van der Waals surface area contributed by atoms with E-state index in [0.29, 0.717) is 0 Å². The highest BCUT2D eigenvalue weighted by molar-refractivity contribution is 5.79. The molecule has 0 spiro atoms. The van der Waals surface area contributed by atoms with Gasteiger partial charge in [0.15, 0.2) is 5.96 Å². The van der Waals surface area contributed by atoms with E-state index in [4.69, 9.17) is 31.6 Å². The second-order valence-corrected chi connectivity index (χ2v) is 2.65. The molecular weight excluding hydrogens is 206 g/mol. The van der Waals surface area contributed by atoms with E-state index in [-0.39, 0.29) is 25.7 Å². The van der Waals surface area contributed by atoms with Gasteiger partial charge >= 0.3 is 5.97 Å². The molecule has 90 valence electrons. The van der Waals surface area contributed by atoms with Crippen molar-refractivity contribution in [1.82, 2.24) is 4.90 Å². The van der Waals surface area contributed by atoms with Gasteiger partial charge in [-0.1, -0.05) is 0 Å². The highest BCUT2D eigenvalue weighted by Crippen LogP contribution is 1.76. The van der Waals surface area contributed by atoms with E-state index < -0.39 is 12.1 Å². The van der Waals surface area contributed by atoms with Gasteiger partial charge in [0.25, 0.3) is 0 Å². The number of aliphatic hydroxyl groups is 3. The number of carboxylic acids is 1. The van der Waals surface area contributed by atoms with Crippen molar-refractivity contribution in [3.8, 4) is 0 Å². The molecular formula is C7H17N3O5. The second-order valence-electron chi connectivity index (χ2n) is 2.65. The minimum atomic E-state index is -0.993. The van der Waals surface area contributed by atoms with Crippen molar-refractivity contribution in [3.63, 3.8) is 0 Å². The van der Waals surface area contributed by atoms with Gasteiger partial charge in [-0.2, -0.15) is 0 Å². The zero-order chi connectivity index (χ0) is 12.4. The first kappa shape index (κ1) is 16.1. The first-order valence-electron chi connectivity index (χ1n) is 4.01. The first-order valence-corrected chi connectivity index (χ1v) is 4.01. The number of hydrogen-bond acceptors (Lipinski definition) is 5. The number of aliphatic hydroxyl groups excluding tert-OH is 3. The molecule has 8 nitrogen and oxygen atoms in total. The van der Waals surface area contributed by atoms with Crippen LogP contribution < -0.4 is 5.73 Å². The molecule has 0 bridgehead atoms. The maximum absolute atomic E-state index is 9.92. The molecule has 0 amide bonds. The average molecular weight is 223 g/mol. The highest BCUT2D eigenvalue weighted by Gasteiger charge is 2.03. The fourth-order valence-corrected chi connectivity index (χ4v) is 0.346. The molecule has 0 saturated heterocycles. The molecule has 7 N–H and O–H groups in total. The minimum absolute atomic E-state index is 0.227. The summed E-state index contributed by atoms with van der Waals surface area (Å²) >= 11 is 0. The fraction of sp³-hybridized carbons (Fsp3) is 0.714. The van der Waals surface area contributed by atoms with Gasteiger partial charge in [-0.15, -0.1) is 0 Å².